The molecule has 7 heteroatoms. The van der Waals surface area contributed by atoms with Crippen LogP contribution in [0.4, 0.5) is 5.69 Å². The fraction of sp³-hybridized carbons (Fsp3) is 0.300. The maximum absolute atomic E-state index is 12.4. The molecule has 1 fully saturated rings. The molecule has 142 valence electrons. The van der Waals surface area contributed by atoms with Crippen LogP contribution in [0.2, 0.25) is 5.02 Å². The molecule has 0 aliphatic carbocycles. The Morgan fingerprint density at radius 2 is 1.96 bits per heavy atom. The van der Waals surface area contributed by atoms with Crippen molar-refractivity contribution in [1.82, 2.24) is 5.32 Å². The number of carbonyl (C=O) groups is 2. The van der Waals surface area contributed by atoms with Gasteiger partial charge in [-0.1, -0.05) is 11.6 Å². The molecule has 2 aromatic carbocycles. The Morgan fingerprint density at radius 1 is 1.19 bits per heavy atom. The zero-order valence-corrected chi connectivity index (χ0v) is 15.7. The highest BCUT2D eigenvalue weighted by atomic mass is 35.5. The Kier molecular flexibility index (Phi) is 6.32. The Balaban J connectivity index is 1.61. The smallest absolute Gasteiger partial charge is 0.255 e. The number of carbonyl (C=O) groups excluding carboxylic acids is 2. The fourth-order valence-electron chi connectivity index (χ4n) is 2.78. The van der Waals surface area contributed by atoms with E-state index in [4.69, 9.17) is 21.1 Å². The molecule has 1 aliphatic rings. The van der Waals surface area contributed by atoms with E-state index in [1.165, 1.54) is 13.1 Å². The number of amides is 2. The number of rotatable bonds is 6. The second-order valence-electron chi connectivity index (χ2n) is 6.20. The van der Waals surface area contributed by atoms with Gasteiger partial charge in [-0.15, -0.1) is 0 Å². The number of benzene rings is 2. The van der Waals surface area contributed by atoms with Gasteiger partial charge in [0.05, 0.1) is 16.7 Å². The van der Waals surface area contributed by atoms with E-state index in [-0.39, 0.29) is 17.9 Å². The minimum Gasteiger partial charge on any atom is -0.491 e. The minimum atomic E-state index is -0.316. The van der Waals surface area contributed by atoms with E-state index >= 15 is 0 Å². The molecule has 2 amide bonds. The highest BCUT2D eigenvalue weighted by Crippen LogP contribution is 2.22. The Bertz CT molecular complexity index is 817. The van der Waals surface area contributed by atoms with Gasteiger partial charge in [-0.3, -0.25) is 9.59 Å². The standard InChI is InChI=1S/C20H21ClN2O4/c1-22-20(25)17-11-14(6-9-18(17)21)23-19(24)13-4-7-15(8-5-13)27-12-16-3-2-10-26-16/h4-9,11,16H,2-3,10,12H2,1H3,(H,22,25)(H,23,24). The summed E-state index contributed by atoms with van der Waals surface area (Å²) >= 11 is 6.02. The van der Waals surface area contributed by atoms with Crippen molar-refractivity contribution < 1.29 is 19.1 Å². The lowest BCUT2D eigenvalue weighted by atomic mass is 10.1. The average molecular weight is 389 g/mol. The number of anilines is 1. The monoisotopic (exact) mass is 388 g/mol. The normalized spacial score (nSPS) is 16.0. The molecule has 0 aromatic heterocycles. The summed E-state index contributed by atoms with van der Waals surface area (Å²) in [5.74, 6) is 0.0881. The molecule has 0 spiro atoms. The molecule has 2 N–H and O–H groups in total. The predicted octanol–water partition coefficient (Wildman–Crippen LogP) is 3.51. The van der Waals surface area contributed by atoms with Crippen molar-refractivity contribution >= 4 is 29.1 Å². The largest absolute Gasteiger partial charge is 0.491 e. The van der Waals surface area contributed by atoms with Gasteiger partial charge in [0, 0.05) is 24.9 Å². The molecule has 1 heterocycles. The summed E-state index contributed by atoms with van der Waals surface area (Å²) < 4.78 is 11.2. The van der Waals surface area contributed by atoms with Crippen LogP contribution in [0.15, 0.2) is 42.5 Å². The highest BCUT2D eigenvalue weighted by molar-refractivity contribution is 6.34. The van der Waals surface area contributed by atoms with Crippen molar-refractivity contribution in [2.75, 3.05) is 25.6 Å². The minimum absolute atomic E-state index is 0.146. The molecule has 1 aliphatic heterocycles. The Morgan fingerprint density at radius 3 is 2.63 bits per heavy atom. The molecule has 2 aromatic rings. The first kappa shape index (κ1) is 19.2. The maximum atomic E-state index is 12.4. The van der Waals surface area contributed by atoms with E-state index in [1.54, 1.807) is 36.4 Å². The maximum Gasteiger partial charge on any atom is 0.255 e. The second-order valence-corrected chi connectivity index (χ2v) is 6.61. The zero-order valence-electron chi connectivity index (χ0n) is 15.0. The highest BCUT2D eigenvalue weighted by Gasteiger charge is 2.16. The van der Waals surface area contributed by atoms with Crippen molar-refractivity contribution in [1.29, 1.82) is 0 Å². The van der Waals surface area contributed by atoms with Gasteiger partial charge in [0.2, 0.25) is 0 Å². The quantitative estimate of drug-likeness (QED) is 0.793. The summed E-state index contributed by atoms with van der Waals surface area (Å²) in [6.07, 6.45) is 2.23. The van der Waals surface area contributed by atoms with Crippen LogP contribution in [0, 0.1) is 0 Å². The number of halogens is 1. The summed E-state index contributed by atoms with van der Waals surface area (Å²) in [5, 5.41) is 5.60. The third-order valence-electron chi connectivity index (χ3n) is 4.27. The van der Waals surface area contributed by atoms with Crippen molar-refractivity contribution in [3.05, 3.63) is 58.6 Å². The Labute approximate surface area is 162 Å². The van der Waals surface area contributed by atoms with Gasteiger partial charge >= 0.3 is 0 Å². The Hall–Kier alpha value is -2.57. The molecule has 0 saturated carbocycles. The van der Waals surface area contributed by atoms with Gasteiger partial charge < -0.3 is 20.1 Å². The molecule has 1 saturated heterocycles. The lowest BCUT2D eigenvalue weighted by Gasteiger charge is -2.12. The molecule has 1 atom stereocenters. The first-order chi connectivity index (χ1) is 13.1. The first-order valence-corrected chi connectivity index (χ1v) is 9.12. The van der Waals surface area contributed by atoms with Crippen LogP contribution >= 0.6 is 11.6 Å². The van der Waals surface area contributed by atoms with Gasteiger partial charge in [-0.25, -0.2) is 0 Å². The average Bonchev–Trinajstić information content (AvgIpc) is 3.21. The van der Waals surface area contributed by atoms with Crippen LogP contribution < -0.4 is 15.4 Å². The van der Waals surface area contributed by atoms with E-state index in [9.17, 15) is 9.59 Å². The number of nitrogens with one attached hydrogen (secondary N) is 2. The second kappa shape index (κ2) is 8.88. The van der Waals surface area contributed by atoms with E-state index in [0.29, 0.717) is 34.2 Å². The van der Waals surface area contributed by atoms with Gasteiger partial charge in [0.1, 0.15) is 12.4 Å². The lowest BCUT2D eigenvalue weighted by molar-refractivity contribution is 0.0679. The van der Waals surface area contributed by atoms with Crippen molar-refractivity contribution in [2.45, 2.75) is 18.9 Å². The first-order valence-electron chi connectivity index (χ1n) is 8.74. The van der Waals surface area contributed by atoms with Gasteiger partial charge in [-0.05, 0) is 55.3 Å². The molecular weight excluding hydrogens is 368 g/mol. The third-order valence-corrected chi connectivity index (χ3v) is 4.60. The van der Waals surface area contributed by atoms with Crippen LogP contribution in [0.1, 0.15) is 33.6 Å². The van der Waals surface area contributed by atoms with Crippen LogP contribution in [-0.4, -0.2) is 38.2 Å². The van der Waals surface area contributed by atoms with Crippen LogP contribution in [0.25, 0.3) is 0 Å². The van der Waals surface area contributed by atoms with Crippen molar-refractivity contribution in [3.63, 3.8) is 0 Å². The lowest BCUT2D eigenvalue weighted by Crippen LogP contribution is -2.19. The fourth-order valence-corrected chi connectivity index (χ4v) is 2.99. The molecule has 3 rings (SSSR count). The number of hydrogen-bond donors (Lipinski definition) is 2. The SMILES string of the molecule is CNC(=O)c1cc(NC(=O)c2ccc(OCC3CCCO3)cc2)ccc1Cl. The summed E-state index contributed by atoms with van der Waals surface area (Å²) in [6.45, 7) is 1.30. The van der Waals surface area contributed by atoms with Crippen molar-refractivity contribution in [2.24, 2.45) is 0 Å². The number of ether oxygens (including phenoxy) is 2. The van der Waals surface area contributed by atoms with Gasteiger partial charge in [0.25, 0.3) is 11.8 Å². The van der Waals surface area contributed by atoms with Crippen molar-refractivity contribution in [3.8, 4) is 5.75 Å². The van der Waals surface area contributed by atoms with E-state index in [0.717, 1.165) is 19.4 Å². The van der Waals surface area contributed by atoms with Crippen LogP contribution in [0.5, 0.6) is 5.75 Å². The predicted molar refractivity (Wildman–Crippen MR) is 104 cm³/mol. The van der Waals surface area contributed by atoms with Gasteiger partial charge in [-0.2, -0.15) is 0 Å². The van der Waals surface area contributed by atoms with E-state index in [1.807, 2.05) is 0 Å². The topological polar surface area (TPSA) is 76.7 Å². The summed E-state index contributed by atoms with van der Waals surface area (Å²) in [7, 11) is 1.52. The summed E-state index contributed by atoms with van der Waals surface area (Å²) in [6, 6.07) is 11.6. The van der Waals surface area contributed by atoms with Crippen LogP contribution in [-0.2, 0) is 4.74 Å². The third kappa shape index (κ3) is 4.99. The van der Waals surface area contributed by atoms with E-state index in [2.05, 4.69) is 10.6 Å². The van der Waals surface area contributed by atoms with E-state index < -0.39 is 0 Å². The number of hydrogen-bond acceptors (Lipinski definition) is 4. The molecule has 1 unspecified atom stereocenters. The molecular formula is C20H21ClN2O4. The summed E-state index contributed by atoms with van der Waals surface area (Å²) in [4.78, 5) is 24.2. The molecule has 6 nitrogen and oxygen atoms in total. The summed E-state index contributed by atoms with van der Waals surface area (Å²) in [5.41, 5.74) is 1.27. The molecule has 27 heavy (non-hydrogen) atoms. The molecule has 0 radical (unpaired) electrons. The van der Waals surface area contributed by atoms with Gasteiger partial charge in [0.15, 0.2) is 0 Å². The van der Waals surface area contributed by atoms with Crippen LogP contribution in [0.3, 0.4) is 0 Å². The molecule has 0 bridgehead atoms. The zero-order chi connectivity index (χ0) is 19.2.